The Hall–Kier alpha value is -4.81. The van der Waals surface area contributed by atoms with Gasteiger partial charge in [-0.05, 0) is 158 Å². The molecule has 2 saturated heterocycles. The van der Waals surface area contributed by atoms with Gasteiger partial charge >= 0.3 is 5.97 Å². The van der Waals surface area contributed by atoms with E-state index in [0.29, 0.717) is 67.9 Å². The van der Waals surface area contributed by atoms with E-state index in [9.17, 15) is 9.59 Å². The fourth-order valence-electron chi connectivity index (χ4n) is 14.5. The van der Waals surface area contributed by atoms with Gasteiger partial charge in [-0.3, -0.25) is 14.8 Å². The fraction of sp³-hybridized carbons (Fsp3) is 0.596. The van der Waals surface area contributed by atoms with Crippen LogP contribution in [-0.2, 0) is 47.9 Å². The van der Waals surface area contributed by atoms with Gasteiger partial charge in [-0.2, -0.15) is 5.10 Å². The van der Waals surface area contributed by atoms with Gasteiger partial charge in [0.25, 0.3) is 5.91 Å². The molecule has 15 nitrogen and oxygen atoms in total. The Morgan fingerprint density at radius 1 is 0.863 bits per heavy atom. The Morgan fingerprint density at radius 2 is 1.64 bits per heavy atom. The number of carbonyl (C=O) groups excluding carboxylic acids is 2. The van der Waals surface area contributed by atoms with E-state index in [1.807, 2.05) is 103 Å². The molecule has 0 spiro atoms. The van der Waals surface area contributed by atoms with Crippen molar-refractivity contribution in [2.75, 3.05) is 43.1 Å². The smallest absolute Gasteiger partial charge is 0.358 e. The monoisotopic (exact) mass is 1020 g/mol. The first-order chi connectivity index (χ1) is 34.5. The zero-order valence-corrected chi connectivity index (χ0v) is 45.1. The number of hydrogen-bond acceptors (Lipinski definition) is 14. The second-order valence-corrected chi connectivity index (χ2v) is 25.9. The van der Waals surface area contributed by atoms with Crippen LogP contribution in [0.4, 0.5) is 10.9 Å². The van der Waals surface area contributed by atoms with Crippen molar-refractivity contribution in [1.29, 1.82) is 0 Å². The maximum atomic E-state index is 14.3. The van der Waals surface area contributed by atoms with Gasteiger partial charge < -0.3 is 38.6 Å². The number of ether oxygens (including phenoxy) is 6. The number of benzene rings is 2. The van der Waals surface area contributed by atoms with Gasteiger partial charge in [0.05, 0.1) is 35.2 Å². The minimum atomic E-state index is -0.739. The van der Waals surface area contributed by atoms with Crippen LogP contribution in [0.5, 0.6) is 0 Å². The lowest BCUT2D eigenvalue weighted by molar-refractivity contribution is -0.247. The fourth-order valence-corrected chi connectivity index (χ4v) is 15.4. The molecule has 2 unspecified atom stereocenters. The number of amides is 1. The average molecular weight is 1020 g/mol. The van der Waals surface area contributed by atoms with Crippen LogP contribution in [0.1, 0.15) is 139 Å². The number of anilines is 2. The molecular weight excluding hydrogens is 943 g/mol. The Labute approximate surface area is 433 Å². The third-order valence-electron chi connectivity index (χ3n) is 16.0. The van der Waals surface area contributed by atoms with Gasteiger partial charge in [0.1, 0.15) is 29.7 Å². The van der Waals surface area contributed by atoms with Crippen molar-refractivity contribution < 1.29 is 38.0 Å². The van der Waals surface area contributed by atoms with Crippen LogP contribution in [0.3, 0.4) is 0 Å². The van der Waals surface area contributed by atoms with E-state index in [1.54, 1.807) is 0 Å². The van der Waals surface area contributed by atoms with Gasteiger partial charge in [0.15, 0.2) is 22.4 Å². The number of thiazole rings is 1. The Bertz CT molecular complexity index is 2890. The first kappa shape index (κ1) is 50.4. The molecule has 12 rings (SSSR count). The highest BCUT2D eigenvalue weighted by Gasteiger charge is 2.66. The molecule has 73 heavy (non-hydrogen) atoms. The molecule has 2 N–H and O–H groups in total. The first-order valence-corrected chi connectivity index (χ1v) is 27.1. The van der Waals surface area contributed by atoms with Crippen LogP contribution >= 0.6 is 11.3 Å². The maximum absolute atomic E-state index is 14.3. The summed E-state index contributed by atoms with van der Waals surface area (Å²) >= 11 is 1.46. The number of para-hydroxylation sites is 1. The SMILES string of the molecule is Cc1c(-c2ccc(N3CCc4cccc(C(=O)Nc5nc6ccccc6s5)c4C3)nc2C(=O)OC(C)(C)C)cnn1CC12CC3(C)CC(C)(C1)CC(OCCNC[C@H]1OC(C)(C)O[C@H]1[C@H]1COC(C)(C)O1)(C3)C2. The molecule has 4 bridgehead atoms. The van der Waals surface area contributed by atoms with Crippen molar-refractivity contribution in [3.63, 3.8) is 0 Å². The van der Waals surface area contributed by atoms with E-state index in [1.165, 1.54) is 17.8 Å². The largest absolute Gasteiger partial charge is 0.455 e. The maximum Gasteiger partial charge on any atom is 0.358 e. The molecule has 6 fully saturated rings. The number of nitrogens with one attached hydrogen (secondary N) is 2. The molecule has 390 valence electrons. The zero-order valence-electron chi connectivity index (χ0n) is 44.3. The highest BCUT2D eigenvalue weighted by Crippen LogP contribution is 2.72. The second kappa shape index (κ2) is 18.2. The summed E-state index contributed by atoms with van der Waals surface area (Å²) in [5.74, 6) is -1.39. The predicted octanol–water partition coefficient (Wildman–Crippen LogP) is 10.0. The van der Waals surface area contributed by atoms with Gasteiger partial charge in [0.2, 0.25) is 0 Å². The predicted molar refractivity (Wildman–Crippen MR) is 281 cm³/mol. The number of rotatable bonds is 14. The number of nitrogens with zero attached hydrogens (tertiary/aromatic N) is 5. The summed E-state index contributed by atoms with van der Waals surface area (Å²) in [6.07, 6.45) is 8.56. The van der Waals surface area contributed by atoms with Crippen molar-refractivity contribution in [2.45, 2.75) is 168 Å². The number of aromatic nitrogens is 4. The Balaban J connectivity index is 0.799. The molecule has 1 amide bonds. The lowest BCUT2D eigenvalue weighted by atomic mass is 9.39. The third-order valence-corrected chi connectivity index (χ3v) is 17.0. The summed E-state index contributed by atoms with van der Waals surface area (Å²) in [6.45, 7) is 24.8. The van der Waals surface area contributed by atoms with Crippen LogP contribution in [0.2, 0.25) is 0 Å². The van der Waals surface area contributed by atoms with Gasteiger partial charge in [-0.1, -0.05) is 49.4 Å². The van der Waals surface area contributed by atoms with E-state index in [4.69, 9.17) is 38.5 Å². The molecule has 0 radical (unpaired) electrons. The van der Waals surface area contributed by atoms with Crippen LogP contribution in [0.15, 0.2) is 60.8 Å². The van der Waals surface area contributed by atoms with Gasteiger partial charge in [-0.25, -0.2) is 14.8 Å². The van der Waals surface area contributed by atoms with Crippen molar-refractivity contribution in [1.82, 2.24) is 25.1 Å². The first-order valence-electron chi connectivity index (χ1n) is 26.3. The molecule has 4 aliphatic carbocycles. The average Bonchev–Trinajstić information content (AvgIpc) is 4.06. The molecule has 5 atom stereocenters. The Morgan fingerprint density at radius 3 is 2.38 bits per heavy atom. The number of pyridine rings is 1. The molecule has 16 heteroatoms. The number of fused-ring (bicyclic) bond motifs is 2. The molecule has 6 heterocycles. The van der Waals surface area contributed by atoms with E-state index in [0.717, 1.165) is 71.2 Å². The minimum absolute atomic E-state index is 0.00447. The van der Waals surface area contributed by atoms with Gasteiger partial charge in [-0.15, -0.1) is 0 Å². The summed E-state index contributed by atoms with van der Waals surface area (Å²) in [5, 5.41) is 12.3. The summed E-state index contributed by atoms with van der Waals surface area (Å²) in [7, 11) is 0. The Kier molecular flexibility index (Phi) is 12.6. The lowest BCUT2D eigenvalue weighted by Gasteiger charge is -2.69. The van der Waals surface area contributed by atoms with E-state index < -0.39 is 23.1 Å². The van der Waals surface area contributed by atoms with Crippen LogP contribution in [0, 0.1) is 23.2 Å². The number of esters is 1. The van der Waals surface area contributed by atoms with E-state index >= 15 is 0 Å². The van der Waals surface area contributed by atoms with Crippen LogP contribution in [0.25, 0.3) is 21.3 Å². The zero-order chi connectivity index (χ0) is 51.3. The third kappa shape index (κ3) is 10.2. The highest BCUT2D eigenvalue weighted by atomic mass is 32.1. The van der Waals surface area contributed by atoms with Gasteiger partial charge in [0, 0.05) is 55.1 Å². The summed E-state index contributed by atoms with van der Waals surface area (Å²) in [5.41, 5.74) is 5.62. The second-order valence-electron chi connectivity index (χ2n) is 24.8. The lowest BCUT2D eigenvalue weighted by Crippen LogP contribution is -2.64. The van der Waals surface area contributed by atoms with Crippen LogP contribution in [-0.4, -0.2) is 106 Å². The topological polar surface area (TPSA) is 160 Å². The molecule has 3 aliphatic heterocycles. The minimum Gasteiger partial charge on any atom is -0.455 e. The summed E-state index contributed by atoms with van der Waals surface area (Å²) in [6, 6.07) is 17.7. The quantitative estimate of drug-likeness (QED) is 0.0800. The van der Waals surface area contributed by atoms with Crippen LogP contribution < -0.4 is 15.5 Å². The van der Waals surface area contributed by atoms with E-state index in [2.05, 4.69) is 52.0 Å². The summed E-state index contributed by atoms with van der Waals surface area (Å²) < 4.78 is 41.1. The standard InChI is InChI=1S/C57H73N7O8S/c1-35-39(37-18-19-45(61-46(37)49(66)72-51(2,3)4)63-22-20-36-14-13-15-38(40(36)26-63)48(65)62-50-60-41-16-11-12-17-44(41)73-50)24-59-64(35)34-56-29-54(9)28-55(10,30-56)32-57(31-54,33-56)67-23-21-58-25-42-47(71-53(7,8)69-42)43-27-68-52(5,6)70-43/h11-19,24,42-43,47,58H,20-23,25-34H2,1-10H3,(H,60,62,65)/t42-,43-,47-,54?,55?,56?,57?/m1/s1. The highest BCUT2D eigenvalue weighted by molar-refractivity contribution is 7.22. The molecule has 2 aromatic carbocycles. The molecule has 3 aromatic heterocycles. The normalized spacial score (nSPS) is 30.0. The van der Waals surface area contributed by atoms with Crippen molar-refractivity contribution in [3.8, 4) is 11.1 Å². The molecular formula is C57H73N7O8S. The molecule has 5 aromatic rings. The molecule has 4 saturated carbocycles. The molecule has 7 aliphatic rings. The van der Waals surface area contributed by atoms with Crippen molar-refractivity contribution in [3.05, 3.63) is 88.9 Å². The van der Waals surface area contributed by atoms with Crippen molar-refractivity contribution in [2.24, 2.45) is 16.2 Å². The van der Waals surface area contributed by atoms with Crippen molar-refractivity contribution >= 4 is 44.4 Å². The number of carbonyl (C=O) groups is 2. The number of hydrogen-bond donors (Lipinski definition) is 2. The summed E-state index contributed by atoms with van der Waals surface area (Å²) in [4.78, 5) is 40.0. The van der Waals surface area contributed by atoms with E-state index in [-0.39, 0.29) is 51.8 Å².